The minimum Gasteiger partial charge on any atom is -1.00 e. The van der Waals surface area contributed by atoms with Crippen molar-refractivity contribution in [2.75, 3.05) is 32.6 Å². The second kappa shape index (κ2) is 3.79. The summed E-state index contributed by atoms with van der Waals surface area (Å²) in [4.78, 5) is 0. The number of quaternary nitrogens is 1. The summed E-state index contributed by atoms with van der Waals surface area (Å²) in [6, 6.07) is 0.306. The summed E-state index contributed by atoms with van der Waals surface area (Å²) in [5, 5.41) is 0. The molecule has 1 aliphatic rings. The minimum absolute atomic E-state index is 0. The summed E-state index contributed by atoms with van der Waals surface area (Å²) < 4.78 is 22.9. The molecule has 0 aromatic carbocycles. The van der Waals surface area contributed by atoms with Gasteiger partial charge in [0, 0.05) is 6.42 Å². The number of hydrogen-bond donors (Lipinski definition) is 0. The van der Waals surface area contributed by atoms with Crippen molar-refractivity contribution in [2.24, 2.45) is 0 Å². The second-order valence-electron chi connectivity index (χ2n) is 4.17. The van der Waals surface area contributed by atoms with E-state index in [9.17, 15) is 8.42 Å². The zero-order valence-corrected chi connectivity index (χ0v) is 10.7. The van der Waals surface area contributed by atoms with Gasteiger partial charge in [-0.1, -0.05) is 0 Å². The van der Waals surface area contributed by atoms with Crippen molar-refractivity contribution >= 4 is 9.84 Å². The lowest BCUT2D eigenvalue weighted by Gasteiger charge is -2.30. The quantitative estimate of drug-likeness (QED) is 0.380. The first-order valence-electron chi connectivity index (χ1n) is 3.83. The third kappa shape index (κ3) is 3.18. The fourth-order valence-corrected chi connectivity index (χ4v) is 3.38. The van der Waals surface area contributed by atoms with Crippen LogP contribution < -0.4 is 24.0 Å². The van der Waals surface area contributed by atoms with Gasteiger partial charge in [0.05, 0.1) is 26.9 Å². The molecule has 0 amide bonds. The van der Waals surface area contributed by atoms with E-state index in [-0.39, 0.29) is 24.0 Å². The number of hydrogen-bond acceptors (Lipinski definition) is 2. The fourth-order valence-electron chi connectivity index (χ4n) is 1.39. The number of nitrogens with zero attached hydrogens (tertiary/aromatic N) is 1. The Hall–Kier alpha value is 0.640. The third-order valence-electron chi connectivity index (χ3n) is 2.30. The van der Waals surface area contributed by atoms with Gasteiger partial charge >= 0.3 is 0 Å². The van der Waals surface area contributed by atoms with Crippen LogP contribution in [-0.2, 0) is 9.84 Å². The Labute approximate surface area is 91.7 Å². The van der Waals surface area contributed by atoms with Crippen LogP contribution in [0.4, 0.5) is 0 Å². The van der Waals surface area contributed by atoms with E-state index in [1.807, 2.05) is 21.1 Å². The van der Waals surface area contributed by atoms with Gasteiger partial charge in [-0.15, -0.1) is 0 Å². The lowest BCUT2D eigenvalue weighted by molar-refractivity contribution is -0.892. The first-order valence-corrected chi connectivity index (χ1v) is 5.65. The smallest absolute Gasteiger partial charge is 0.156 e. The Bertz CT molecular complexity index is 243. The maximum Gasteiger partial charge on any atom is 0.156 e. The predicted octanol–water partition coefficient (Wildman–Crippen LogP) is -3.12. The zero-order valence-electron chi connectivity index (χ0n) is 7.75. The molecule has 0 radical (unpaired) electrons. The van der Waals surface area contributed by atoms with E-state index < -0.39 is 9.84 Å². The van der Waals surface area contributed by atoms with Crippen LogP contribution in [0.15, 0.2) is 0 Å². The zero-order chi connectivity index (χ0) is 8.70. The Morgan fingerprint density at radius 1 is 1.25 bits per heavy atom. The Kier molecular flexibility index (Phi) is 3.99. The van der Waals surface area contributed by atoms with Crippen LogP contribution in [-0.4, -0.2) is 51.6 Å². The van der Waals surface area contributed by atoms with Gasteiger partial charge in [-0.25, -0.2) is 8.42 Å². The van der Waals surface area contributed by atoms with Gasteiger partial charge in [0.15, 0.2) is 9.84 Å². The average Bonchev–Trinajstić information content (AvgIpc) is 2.07. The highest BCUT2D eigenvalue weighted by Gasteiger charge is 2.36. The van der Waals surface area contributed by atoms with E-state index in [1.165, 1.54) is 0 Å². The molecule has 5 heteroatoms. The van der Waals surface area contributed by atoms with Crippen LogP contribution >= 0.6 is 0 Å². The summed E-state index contributed by atoms with van der Waals surface area (Å²) in [6.45, 7) is 0. The summed E-state index contributed by atoms with van der Waals surface area (Å²) in [7, 11) is 3.45. The van der Waals surface area contributed by atoms with Crippen LogP contribution in [0, 0.1) is 0 Å². The largest absolute Gasteiger partial charge is 1.00 e. The summed E-state index contributed by atoms with van der Waals surface area (Å²) in [5.41, 5.74) is 0. The first kappa shape index (κ1) is 12.6. The third-order valence-corrected chi connectivity index (χ3v) is 4.05. The topological polar surface area (TPSA) is 34.1 Å². The second-order valence-corrected chi connectivity index (χ2v) is 6.40. The van der Waals surface area contributed by atoms with E-state index in [0.717, 1.165) is 10.9 Å². The molecule has 0 aromatic heterocycles. The van der Waals surface area contributed by atoms with Gasteiger partial charge in [-0.2, -0.15) is 0 Å². The molecule has 0 N–H and O–H groups in total. The highest BCUT2D eigenvalue weighted by atomic mass is 127. The Morgan fingerprint density at radius 2 is 1.75 bits per heavy atom. The van der Waals surface area contributed by atoms with Gasteiger partial charge in [0.2, 0.25) is 0 Å². The van der Waals surface area contributed by atoms with Crippen LogP contribution in [0.2, 0.25) is 0 Å². The van der Waals surface area contributed by atoms with Gasteiger partial charge in [0.25, 0.3) is 0 Å². The molecule has 3 nitrogen and oxygen atoms in total. The minimum atomic E-state index is -2.69. The van der Waals surface area contributed by atoms with Crippen molar-refractivity contribution in [3.8, 4) is 0 Å². The molecule has 12 heavy (non-hydrogen) atoms. The van der Waals surface area contributed by atoms with Crippen molar-refractivity contribution < 1.29 is 36.9 Å². The highest BCUT2D eigenvalue weighted by Crippen LogP contribution is 2.19. The van der Waals surface area contributed by atoms with E-state index >= 15 is 0 Å². The van der Waals surface area contributed by atoms with Crippen LogP contribution in [0.1, 0.15) is 6.42 Å². The lowest BCUT2D eigenvalue weighted by atomic mass is 10.2. The predicted molar refractivity (Wildman–Crippen MR) is 45.1 cm³/mol. The molecular formula is C7H16INO2S. The molecule has 0 spiro atoms. The fraction of sp³-hybridized carbons (Fsp3) is 1.00. The van der Waals surface area contributed by atoms with Crippen LogP contribution in [0.25, 0.3) is 0 Å². The molecule has 1 atom stereocenters. The van der Waals surface area contributed by atoms with Gasteiger partial charge in [-0.05, 0) is 0 Å². The van der Waals surface area contributed by atoms with Gasteiger partial charge in [-0.3, -0.25) is 0 Å². The van der Waals surface area contributed by atoms with Crippen molar-refractivity contribution in [1.29, 1.82) is 0 Å². The van der Waals surface area contributed by atoms with Crippen molar-refractivity contribution in [2.45, 2.75) is 12.5 Å². The standard InChI is InChI=1S/C7H16NO2S.HI/c1-8(2,3)7-4-5-11(9,10)6-7;/h7H,4-6H2,1-3H3;1H/q+1;/p-1. The molecule has 1 unspecified atom stereocenters. The SMILES string of the molecule is C[N+](C)(C)C1CCS(=O)(=O)C1.[I-]. The van der Waals surface area contributed by atoms with E-state index in [1.54, 1.807) is 0 Å². The average molecular weight is 305 g/mol. The number of sulfone groups is 1. The molecule has 74 valence electrons. The van der Waals surface area contributed by atoms with Crippen molar-refractivity contribution in [1.82, 2.24) is 0 Å². The van der Waals surface area contributed by atoms with E-state index in [2.05, 4.69) is 0 Å². The molecule has 1 saturated heterocycles. The normalized spacial score (nSPS) is 28.1. The van der Waals surface area contributed by atoms with Gasteiger partial charge in [0.1, 0.15) is 11.8 Å². The molecule has 1 heterocycles. The number of rotatable bonds is 1. The Morgan fingerprint density at radius 3 is 1.92 bits per heavy atom. The molecule has 1 aliphatic heterocycles. The van der Waals surface area contributed by atoms with Crippen LogP contribution in [0.3, 0.4) is 0 Å². The molecule has 0 bridgehead atoms. The van der Waals surface area contributed by atoms with Gasteiger partial charge < -0.3 is 28.5 Å². The molecule has 1 rings (SSSR count). The molecule has 0 aliphatic carbocycles. The summed E-state index contributed by atoms with van der Waals surface area (Å²) in [5.74, 6) is 0.754. The Balaban J connectivity index is 0.00000121. The molecule has 1 fully saturated rings. The highest BCUT2D eigenvalue weighted by molar-refractivity contribution is 7.91. The maximum absolute atomic E-state index is 11.1. The van der Waals surface area contributed by atoms with Crippen LogP contribution in [0.5, 0.6) is 0 Å². The monoisotopic (exact) mass is 305 g/mol. The molecular weight excluding hydrogens is 289 g/mol. The summed E-state index contributed by atoms with van der Waals surface area (Å²) >= 11 is 0. The maximum atomic E-state index is 11.1. The lowest BCUT2D eigenvalue weighted by Crippen LogP contribution is -3.00. The van der Waals surface area contributed by atoms with E-state index in [0.29, 0.717) is 17.5 Å². The molecule has 0 saturated carbocycles. The first-order chi connectivity index (χ1) is 4.81. The number of halogens is 1. The van der Waals surface area contributed by atoms with E-state index in [4.69, 9.17) is 0 Å². The summed E-state index contributed by atoms with van der Waals surface area (Å²) in [6.07, 6.45) is 0.825. The van der Waals surface area contributed by atoms with Crippen molar-refractivity contribution in [3.63, 3.8) is 0 Å². The molecule has 0 aromatic rings. The van der Waals surface area contributed by atoms with Crippen molar-refractivity contribution in [3.05, 3.63) is 0 Å².